The predicted molar refractivity (Wildman–Crippen MR) is 126 cm³/mol. The highest BCUT2D eigenvalue weighted by Crippen LogP contribution is 2.22. The van der Waals surface area contributed by atoms with Gasteiger partial charge in [0, 0.05) is 17.8 Å². The molecule has 2 N–H and O–H groups in total. The fraction of sp³-hybridized carbons (Fsp3) is 0.192. The van der Waals surface area contributed by atoms with E-state index in [1.807, 2.05) is 56.3 Å². The van der Waals surface area contributed by atoms with Crippen LogP contribution < -0.4 is 15.4 Å². The molecule has 0 aliphatic rings. The fourth-order valence-electron chi connectivity index (χ4n) is 2.90. The molecule has 3 aromatic rings. The number of benzene rings is 3. The van der Waals surface area contributed by atoms with E-state index in [0.29, 0.717) is 17.1 Å². The smallest absolute Gasteiger partial charge is 0.306 e. The number of rotatable bonds is 9. The number of hydrogen-bond acceptors (Lipinski definition) is 5. The third kappa shape index (κ3) is 7.81. The molecule has 0 saturated heterocycles. The Balaban J connectivity index is 1.36. The number of amides is 2. The number of ether oxygens (including phenoxy) is 2. The van der Waals surface area contributed by atoms with Crippen molar-refractivity contribution in [1.82, 2.24) is 0 Å². The third-order valence-corrected chi connectivity index (χ3v) is 4.83. The second-order valence-corrected chi connectivity index (χ2v) is 7.50. The van der Waals surface area contributed by atoms with Crippen LogP contribution in [0.4, 0.5) is 11.4 Å². The van der Waals surface area contributed by atoms with E-state index in [2.05, 4.69) is 10.6 Å². The van der Waals surface area contributed by atoms with Crippen molar-refractivity contribution < 1.29 is 23.9 Å². The van der Waals surface area contributed by atoms with E-state index in [1.165, 1.54) is 0 Å². The lowest BCUT2D eigenvalue weighted by Gasteiger charge is -2.09. The molecule has 7 nitrogen and oxygen atoms in total. The van der Waals surface area contributed by atoms with Gasteiger partial charge in [-0.05, 0) is 73.5 Å². The van der Waals surface area contributed by atoms with Crippen LogP contribution in [-0.2, 0) is 19.1 Å². The van der Waals surface area contributed by atoms with E-state index in [9.17, 15) is 14.4 Å². The number of carbonyl (C=O) groups is 3. The van der Waals surface area contributed by atoms with E-state index >= 15 is 0 Å². The molecule has 0 atom stereocenters. The molecule has 170 valence electrons. The van der Waals surface area contributed by atoms with Crippen molar-refractivity contribution in [3.63, 3.8) is 0 Å². The number of carbonyl (C=O) groups excluding carboxylic acids is 3. The molecule has 0 fully saturated rings. The molecule has 0 saturated carbocycles. The van der Waals surface area contributed by atoms with Gasteiger partial charge in [-0.25, -0.2) is 0 Å². The average Bonchev–Trinajstić information content (AvgIpc) is 2.81. The summed E-state index contributed by atoms with van der Waals surface area (Å²) in [5.41, 5.74) is 3.39. The quantitative estimate of drug-likeness (QED) is 0.451. The van der Waals surface area contributed by atoms with Gasteiger partial charge in [0.2, 0.25) is 5.91 Å². The molecular weight excluding hydrogens is 420 g/mol. The molecular formula is C26H26N2O5. The zero-order chi connectivity index (χ0) is 23.6. The fourth-order valence-corrected chi connectivity index (χ4v) is 2.90. The summed E-state index contributed by atoms with van der Waals surface area (Å²) in [7, 11) is 0. The van der Waals surface area contributed by atoms with Crippen LogP contribution in [0.15, 0.2) is 72.8 Å². The van der Waals surface area contributed by atoms with Gasteiger partial charge in [-0.1, -0.05) is 24.3 Å². The second kappa shape index (κ2) is 11.5. The monoisotopic (exact) mass is 446 g/mol. The number of para-hydroxylation sites is 1. The summed E-state index contributed by atoms with van der Waals surface area (Å²) in [6.07, 6.45) is -0.183. The minimum atomic E-state index is -0.619. The molecule has 0 aromatic heterocycles. The van der Waals surface area contributed by atoms with Crippen molar-refractivity contribution in [2.24, 2.45) is 0 Å². The Labute approximate surface area is 192 Å². The molecule has 3 rings (SSSR count). The second-order valence-electron chi connectivity index (χ2n) is 7.50. The van der Waals surface area contributed by atoms with Gasteiger partial charge in [0.25, 0.3) is 5.91 Å². The molecule has 0 aliphatic heterocycles. The minimum Gasteiger partial charge on any atom is -0.457 e. The SMILES string of the molecule is Cc1ccc(NC(=O)COC(=O)CCC(=O)Nc2ccc(Oc3ccccc3)cc2)cc1C. The van der Waals surface area contributed by atoms with Gasteiger partial charge in [-0.15, -0.1) is 0 Å². The van der Waals surface area contributed by atoms with Crippen LogP contribution in [0.2, 0.25) is 0 Å². The lowest BCUT2D eigenvalue weighted by Crippen LogP contribution is -2.21. The maximum absolute atomic E-state index is 12.1. The Morgan fingerprint density at radius 3 is 2.03 bits per heavy atom. The summed E-state index contributed by atoms with van der Waals surface area (Å²) in [5.74, 6) is -0.0265. The zero-order valence-electron chi connectivity index (χ0n) is 18.6. The van der Waals surface area contributed by atoms with Crippen molar-refractivity contribution in [2.75, 3.05) is 17.2 Å². The first-order chi connectivity index (χ1) is 15.9. The third-order valence-electron chi connectivity index (χ3n) is 4.83. The number of aryl methyl sites for hydroxylation is 2. The maximum Gasteiger partial charge on any atom is 0.306 e. The summed E-state index contributed by atoms with van der Waals surface area (Å²) in [5, 5.41) is 5.39. The van der Waals surface area contributed by atoms with Crippen molar-refractivity contribution in [1.29, 1.82) is 0 Å². The molecule has 7 heteroatoms. The molecule has 33 heavy (non-hydrogen) atoms. The maximum atomic E-state index is 12.1. The van der Waals surface area contributed by atoms with Crippen LogP contribution in [0.3, 0.4) is 0 Å². The van der Waals surface area contributed by atoms with Gasteiger partial charge in [-0.3, -0.25) is 14.4 Å². The highest BCUT2D eigenvalue weighted by Gasteiger charge is 2.11. The van der Waals surface area contributed by atoms with Gasteiger partial charge in [0.15, 0.2) is 6.61 Å². The minimum absolute atomic E-state index is 0.0557. The summed E-state index contributed by atoms with van der Waals surface area (Å²) in [4.78, 5) is 35.9. The first-order valence-corrected chi connectivity index (χ1v) is 10.5. The first-order valence-electron chi connectivity index (χ1n) is 10.5. The van der Waals surface area contributed by atoms with Crippen molar-refractivity contribution >= 4 is 29.2 Å². The number of nitrogens with one attached hydrogen (secondary N) is 2. The average molecular weight is 447 g/mol. The number of anilines is 2. The molecule has 3 aromatic carbocycles. The molecule has 0 aliphatic carbocycles. The van der Waals surface area contributed by atoms with Gasteiger partial charge < -0.3 is 20.1 Å². The van der Waals surface area contributed by atoms with E-state index in [1.54, 1.807) is 30.3 Å². The Hall–Kier alpha value is -4.13. The normalized spacial score (nSPS) is 10.2. The summed E-state index contributed by atoms with van der Waals surface area (Å²) in [6.45, 7) is 3.52. The summed E-state index contributed by atoms with van der Waals surface area (Å²) >= 11 is 0. The van der Waals surface area contributed by atoms with Crippen molar-refractivity contribution in [3.05, 3.63) is 83.9 Å². The first kappa shape index (κ1) is 23.5. The Bertz CT molecular complexity index is 1110. The highest BCUT2D eigenvalue weighted by molar-refractivity contribution is 5.94. The standard InChI is InChI=1S/C26H26N2O5/c1-18-8-9-21(16-19(18)2)28-25(30)17-32-26(31)15-14-24(29)27-20-10-12-23(13-11-20)33-22-6-4-3-5-7-22/h3-13,16H,14-15,17H2,1-2H3,(H,27,29)(H,28,30). The van der Waals surface area contributed by atoms with Crippen molar-refractivity contribution in [2.45, 2.75) is 26.7 Å². The molecule has 0 radical (unpaired) electrons. The van der Waals surface area contributed by atoms with Crippen LogP contribution in [0.25, 0.3) is 0 Å². The molecule has 0 bridgehead atoms. The van der Waals surface area contributed by atoms with Crippen LogP contribution in [-0.4, -0.2) is 24.4 Å². The summed E-state index contributed by atoms with van der Waals surface area (Å²) in [6, 6.07) is 21.8. The topological polar surface area (TPSA) is 93.7 Å². The van der Waals surface area contributed by atoms with Crippen LogP contribution in [0.5, 0.6) is 11.5 Å². The lowest BCUT2D eigenvalue weighted by atomic mass is 10.1. The van der Waals surface area contributed by atoms with Crippen LogP contribution in [0.1, 0.15) is 24.0 Å². The van der Waals surface area contributed by atoms with Gasteiger partial charge in [0.05, 0.1) is 6.42 Å². The van der Waals surface area contributed by atoms with E-state index < -0.39 is 18.5 Å². The van der Waals surface area contributed by atoms with Gasteiger partial charge >= 0.3 is 5.97 Å². The zero-order valence-corrected chi connectivity index (χ0v) is 18.6. The molecule has 2 amide bonds. The Kier molecular flexibility index (Phi) is 8.18. The molecule has 0 spiro atoms. The number of hydrogen-bond donors (Lipinski definition) is 2. The molecule has 0 heterocycles. The van der Waals surface area contributed by atoms with Gasteiger partial charge in [0.1, 0.15) is 11.5 Å². The molecule has 0 unspecified atom stereocenters. The predicted octanol–water partition coefficient (Wildman–Crippen LogP) is 5.00. The Morgan fingerprint density at radius 2 is 1.33 bits per heavy atom. The van der Waals surface area contributed by atoms with Crippen LogP contribution in [0, 0.1) is 13.8 Å². The van der Waals surface area contributed by atoms with E-state index in [-0.39, 0.29) is 18.7 Å². The highest BCUT2D eigenvalue weighted by atomic mass is 16.5. The van der Waals surface area contributed by atoms with Crippen molar-refractivity contribution in [3.8, 4) is 11.5 Å². The Morgan fingerprint density at radius 1 is 0.697 bits per heavy atom. The van der Waals surface area contributed by atoms with Gasteiger partial charge in [-0.2, -0.15) is 0 Å². The largest absolute Gasteiger partial charge is 0.457 e. The van der Waals surface area contributed by atoms with Crippen LogP contribution >= 0.6 is 0 Å². The summed E-state index contributed by atoms with van der Waals surface area (Å²) < 4.78 is 10.7. The van der Waals surface area contributed by atoms with E-state index in [4.69, 9.17) is 9.47 Å². The van der Waals surface area contributed by atoms with E-state index in [0.717, 1.165) is 16.9 Å². The number of esters is 1. The lowest BCUT2D eigenvalue weighted by molar-refractivity contribution is -0.147.